The quantitative estimate of drug-likeness (QED) is 0.570. The summed E-state index contributed by atoms with van der Waals surface area (Å²) < 4.78 is 11.2. The summed E-state index contributed by atoms with van der Waals surface area (Å²) in [6.07, 6.45) is 0. The van der Waals surface area contributed by atoms with Crippen molar-refractivity contribution in [3.8, 4) is 0 Å². The standard InChI is InChI=1S/C8H7NOS/c10-11-6-9-5-7-3-1-2-4-8(7)11/h1-4,6H,5H2. The molecule has 0 spiro atoms. The fraction of sp³-hybridized carbons (Fsp3) is 0.125. The molecular weight excluding hydrogens is 158 g/mol. The lowest BCUT2D eigenvalue weighted by atomic mass is 10.2. The van der Waals surface area contributed by atoms with Gasteiger partial charge in [0.2, 0.25) is 0 Å². The Bertz CT molecular complexity index is 333. The Morgan fingerprint density at radius 1 is 1.36 bits per heavy atom. The molecule has 2 nitrogen and oxygen atoms in total. The summed E-state index contributed by atoms with van der Waals surface area (Å²) in [5, 5.41) is 0. The Balaban J connectivity index is 2.59. The third-order valence-electron chi connectivity index (χ3n) is 1.62. The molecule has 1 aromatic carbocycles. The molecule has 0 N–H and O–H groups in total. The molecule has 0 radical (unpaired) electrons. The zero-order valence-corrected chi connectivity index (χ0v) is 6.67. The molecule has 0 saturated carbocycles. The zero-order chi connectivity index (χ0) is 7.68. The Morgan fingerprint density at radius 2 is 2.18 bits per heavy atom. The summed E-state index contributed by atoms with van der Waals surface area (Å²) in [6.45, 7) is 0.669. The summed E-state index contributed by atoms with van der Waals surface area (Å²) in [5.41, 5.74) is 2.58. The van der Waals surface area contributed by atoms with Crippen molar-refractivity contribution >= 4 is 16.3 Å². The lowest BCUT2D eigenvalue weighted by molar-refractivity contribution is 0.688. The lowest BCUT2D eigenvalue weighted by Crippen LogP contribution is -2.02. The van der Waals surface area contributed by atoms with Gasteiger partial charge in [0.1, 0.15) is 0 Å². The molecule has 0 amide bonds. The molecule has 0 bridgehead atoms. The summed E-state index contributed by atoms with van der Waals surface area (Å²) in [6, 6.07) is 7.69. The van der Waals surface area contributed by atoms with Gasteiger partial charge in [-0.05, 0) is 11.6 Å². The van der Waals surface area contributed by atoms with Crippen molar-refractivity contribution in [2.75, 3.05) is 0 Å². The minimum atomic E-state index is -1.01. The third-order valence-corrected chi connectivity index (χ3v) is 2.79. The second kappa shape index (κ2) is 2.58. The highest BCUT2D eigenvalue weighted by Gasteiger charge is 2.09. The molecule has 1 aromatic rings. The Kier molecular flexibility index (Phi) is 1.58. The van der Waals surface area contributed by atoms with Crippen molar-refractivity contribution in [1.82, 2.24) is 0 Å². The van der Waals surface area contributed by atoms with E-state index >= 15 is 0 Å². The SMILES string of the molecule is O=S1C=NCc2ccccc21. The Morgan fingerprint density at radius 3 is 3.00 bits per heavy atom. The Hall–Kier alpha value is -0.960. The van der Waals surface area contributed by atoms with Gasteiger partial charge in [-0.3, -0.25) is 4.99 Å². The van der Waals surface area contributed by atoms with Crippen molar-refractivity contribution in [1.29, 1.82) is 0 Å². The molecule has 1 unspecified atom stereocenters. The average molecular weight is 165 g/mol. The highest BCUT2D eigenvalue weighted by Crippen LogP contribution is 2.16. The fourth-order valence-corrected chi connectivity index (χ4v) is 2.02. The first-order valence-corrected chi connectivity index (χ1v) is 4.57. The highest BCUT2D eigenvalue weighted by atomic mass is 32.2. The molecule has 1 heterocycles. The van der Waals surface area contributed by atoms with Crippen molar-refractivity contribution in [3.05, 3.63) is 29.8 Å². The van der Waals surface area contributed by atoms with Gasteiger partial charge in [-0.15, -0.1) is 0 Å². The molecule has 0 aliphatic carbocycles. The van der Waals surface area contributed by atoms with Crippen LogP contribution >= 0.6 is 0 Å². The highest BCUT2D eigenvalue weighted by molar-refractivity contribution is 7.98. The summed E-state index contributed by atoms with van der Waals surface area (Å²) >= 11 is 0. The maximum atomic E-state index is 11.2. The van der Waals surface area contributed by atoms with E-state index < -0.39 is 10.8 Å². The number of hydrogen-bond acceptors (Lipinski definition) is 2. The van der Waals surface area contributed by atoms with E-state index in [9.17, 15) is 4.21 Å². The minimum Gasteiger partial charge on any atom is -0.279 e. The molecule has 1 atom stereocenters. The van der Waals surface area contributed by atoms with Crippen LogP contribution in [0.5, 0.6) is 0 Å². The third kappa shape index (κ3) is 1.12. The van der Waals surface area contributed by atoms with Gasteiger partial charge in [0, 0.05) is 4.90 Å². The molecular formula is C8H7NOS. The van der Waals surface area contributed by atoms with Gasteiger partial charge in [-0.2, -0.15) is 0 Å². The lowest BCUT2D eigenvalue weighted by Gasteiger charge is -2.07. The van der Waals surface area contributed by atoms with Crippen molar-refractivity contribution in [2.45, 2.75) is 11.4 Å². The number of benzene rings is 1. The van der Waals surface area contributed by atoms with Gasteiger partial charge < -0.3 is 0 Å². The minimum absolute atomic E-state index is 0.669. The van der Waals surface area contributed by atoms with E-state index in [0.29, 0.717) is 6.54 Å². The first-order chi connectivity index (χ1) is 5.38. The van der Waals surface area contributed by atoms with Gasteiger partial charge >= 0.3 is 0 Å². The van der Waals surface area contributed by atoms with Crippen molar-refractivity contribution < 1.29 is 4.21 Å². The van der Waals surface area contributed by atoms with E-state index in [-0.39, 0.29) is 0 Å². The van der Waals surface area contributed by atoms with Crippen LogP contribution in [0, 0.1) is 0 Å². The monoisotopic (exact) mass is 165 g/mol. The van der Waals surface area contributed by atoms with Gasteiger partial charge in [0.25, 0.3) is 0 Å². The maximum Gasteiger partial charge on any atom is 0.0961 e. The molecule has 11 heavy (non-hydrogen) atoms. The van der Waals surface area contributed by atoms with Gasteiger partial charge in [-0.1, -0.05) is 18.2 Å². The van der Waals surface area contributed by atoms with Gasteiger partial charge in [0.05, 0.1) is 22.9 Å². The molecule has 0 saturated heterocycles. The first-order valence-electron chi connectivity index (χ1n) is 3.36. The van der Waals surface area contributed by atoms with Crippen LogP contribution in [0.25, 0.3) is 0 Å². The summed E-state index contributed by atoms with van der Waals surface area (Å²) in [7, 11) is -1.01. The molecule has 1 aliphatic heterocycles. The van der Waals surface area contributed by atoms with E-state index in [1.807, 2.05) is 24.3 Å². The van der Waals surface area contributed by atoms with E-state index in [4.69, 9.17) is 0 Å². The second-order valence-electron chi connectivity index (χ2n) is 2.35. The Labute approximate surface area is 67.4 Å². The number of rotatable bonds is 0. The molecule has 2 rings (SSSR count). The van der Waals surface area contributed by atoms with Crippen LogP contribution in [-0.2, 0) is 17.3 Å². The van der Waals surface area contributed by atoms with Crippen LogP contribution in [0.3, 0.4) is 0 Å². The first kappa shape index (κ1) is 6.73. The second-order valence-corrected chi connectivity index (χ2v) is 3.60. The molecule has 0 aromatic heterocycles. The average Bonchev–Trinajstić information content (AvgIpc) is 2.06. The number of aliphatic imine (C=N–C) groups is 1. The number of hydrogen-bond donors (Lipinski definition) is 0. The van der Waals surface area contributed by atoms with Gasteiger partial charge in [-0.25, -0.2) is 4.21 Å². The van der Waals surface area contributed by atoms with Crippen LogP contribution in [0.2, 0.25) is 0 Å². The molecule has 1 aliphatic rings. The number of nitrogens with zero attached hydrogens (tertiary/aromatic N) is 1. The molecule has 3 heteroatoms. The van der Waals surface area contributed by atoms with Crippen LogP contribution in [0.1, 0.15) is 5.56 Å². The smallest absolute Gasteiger partial charge is 0.0961 e. The predicted molar refractivity (Wildman–Crippen MR) is 45.0 cm³/mol. The van der Waals surface area contributed by atoms with Crippen LogP contribution in [0.4, 0.5) is 0 Å². The fourth-order valence-electron chi connectivity index (χ4n) is 1.09. The van der Waals surface area contributed by atoms with Crippen LogP contribution in [-0.4, -0.2) is 9.76 Å². The maximum absolute atomic E-state index is 11.2. The van der Waals surface area contributed by atoms with E-state index in [1.54, 1.807) is 0 Å². The van der Waals surface area contributed by atoms with E-state index in [1.165, 1.54) is 5.55 Å². The normalized spacial score (nSPS) is 21.3. The topological polar surface area (TPSA) is 29.4 Å². The van der Waals surface area contributed by atoms with Crippen molar-refractivity contribution in [2.24, 2.45) is 4.99 Å². The van der Waals surface area contributed by atoms with Gasteiger partial charge in [0.15, 0.2) is 0 Å². The predicted octanol–water partition coefficient (Wildman–Crippen LogP) is 1.34. The molecule has 0 fully saturated rings. The van der Waals surface area contributed by atoms with Crippen LogP contribution < -0.4 is 0 Å². The summed E-state index contributed by atoms with van der Waals surface area (Å²) in [4.78, 5) is 4.88. The number of fused-ring (bicyclic) bond motifs is 1. The summed E-state index contributed by atoms with van der Waals surface area (Å²) in [5.74, 6) is 0. The van der Waals surface area contributed by atoms with Crippen LogP contribution in [0.15, 0.2) is 34.2 Å². The van der Waals surface area contributed by atoms with E-state index in [2.05, 4.69) is 4.99 Å². The van der Waals surface area contributed by atoms with E-state index in [0.717, 1.165) is 10.5 Å². The zero-order valence-electron chi connectivity index (χ0n) is 5.86. The van der Waals surface area contributed by atoms with Crippen molar-refractivity contribution in [3.63, 3.8) is 0 Å². The largest absolute Gasteiger partial charge is 0.279 e. The molecule has 56 valence electrons.